The Morgan fingerprint density at radius 2 is 1.65 bits per heavy atom. The summed E-state index contributed by atoms with van der Waals surface area (Å²) in [4.78, 5) is 9.62. The van der Waals surface area contributed by atoms with E-state index in [2.05, 4.69) is 0 Å². The molecule has 0 saturated heterocycles. The third-order valence-corrected chi connectivity index (χ3v) is 2.10. The van der Waals surface area contributed by atoms with Gasteiger partial charge in [0.15, 0.2) is 0 Å². The summed E-state index contributed by atoms with van der Waals surface area (Å²) in [6, 6.07) is 7.10. The zero-order valence-electron chi connectivity index (χ0n) is 8.74. The van der Waals surface area contributed by atoms with Gasteiger partial charge in [0.25, 0.3) is 3.79 Å². The molecule has 0 saturated carbocycles. The summed E-state index contributed by atoms with van der Waals surface area (Å²) in [5.74, 6) is -1.15. The van der Waals surface area contributed by atoms with Gasteiger partial charge < -0.3 is 15.9 Å². The number of phenolic OH excluding ortho intramolecular Hbond substituents is 1. The molecule has 1 aromatic rings. The number of aliphatic carboxylic acids is 1. The van der Waals surface area contributed by atoms with Crippen LogP contribution in [0.3, 0.4) is 0 Å². The predicted molar refractivity (Wildman–Crippen MR) is 68.8 cm³/mol. The Balaban J connectivity index is 0.000000325. The quantitative estimate of drug-likeness (QED) is 0.732. The largest absolute Gasteiger partial charge is 0.508 e. The average molecular weight is 301 g/mol. The second-order valence-electron chi connectivity index (χ2n) is 3.01. The van der Waals surface area contributed by atoms with Gasteiger partial charge in [-0.2, -0.15) is 0 Å². The molecule has 1 rings (SSSR count). The van der Waals surface area contributed by atoms with Gasteiger partial charge >= 0.3 is 5.97 Å². The number of carboxylic acids is 1. The molecule has 17 heavy (non-hydrogen) atoms. The molecule has 0 aliphatic rings. The molecule has 1 aromatic carbocycles. The number of carbonyl (C=O) groups is 1. The van der Waals surface area contributed by atoms with Gasteiger partial charge in [-0.1, -0.05) is 46.9 Å². The highest BCUT2D eigenvalue weighted by molar-refractivity contribution is 6.75. The molecule has 0 amide bonds. The van der Waals surface area contributed by atoms with Crippen LogP contribution in [0.25, 0.3) is 0 Å². The van der Waals surface area contributed by atoms with E-state index >= 15 is 0 Å². The van der Waals surface area contributed by atoms with Crippen LogP contribution in [0.5, 0.6) is 5.75 Å². The van der Waals surface area contributed by atoms with Gasteiger partial charge in [0.2, 0.25) is 0 Å². The SMILES string of the molecule is NCCc1ccc(O)cc1.O=C(O)C(Cl)(Cl)Cl. The molecule has 4 N–H and O–H groups in total. The van der Waals surface area contributed by atoms with E-state index < -0.39 is 9.76 Å². The monoisotopic (exact) mass is 299 g/mol. The lowest BCUT2D eigenvalue weighted by Gasteiger charge is -1.99. The maximum absolute atomic E-state index is 9.62. The van der Waals surface area contributed by atoms with E-state index in [0.29, 0.717) is 12.3 Å². The minimum Gasteiger partial charge on any atom is -0.508 e. The molecule has 0 aliphatic heterocycles. The van der Waals surface area contributed by atoms with Crippen molar-refractivity contribution >= 4 is 40.8 Å². The van der Waals surface area contributed by atoms with Gasteiger partial charge in [-0.15, -0.1) is 0 Å². The summed E-state index contributed by atoms with van der Waals surface area (Å²) >= 11 is 14.4. The minimum atomic E-state index is -2.17. The second kappa shape index (κ2) is 7.61. The molecule has 0 bridgehead atoms. The standard InChI is InChI=1S/C8H11NO.C2HCl3O2/c9-6-5-7-1-3-8(10)4-2-7;3-2(4,5)1(6)7/h1-4,10H,5-6,9H2;(H,6,7). The fourth-order valence-corrected chi connectivity index (χ4v) is 0.829. The third-order valence-electron chi connectivity index (χ3n) is 1.61. The van der Waals surface area contributed by atoms with Gasteiger partial charge in [-0.3, -0.25) is 0 Å². The lowest BCUT2D eigenvalue weighted by molar-refractivity contribution is -0.135. The zero-order chi connectivity index (χ0) is 13.5. The summed E-state index contributed by atoms with van der Waals surface area (Å²) in [7, 11) is 0. The van der Waals surface area contributed by atoms with Crippen LogP contribution < -0.4 is 5.73 Å². The highest BCUT2D eigenvalue weighted by atomic mass is 35.6. The summed E-state index contributed by atoms with van der Waals surface area (Å²) in [6.45, 7) is 0.658. The molecule has 96 valence electrons. The summed E-state index contributed by atoms with van der Waals surface area (Å²) in [6.07, 6.45) is 0.875. The number of aromatic hydroxyl groups is 1. The Morgan fingerprint density at radius 3 is 1.94 bits per heavy atom. The normalized spacial score (nSPS) is 10.4. The molecule has 0 unspecified atom stereocenters. The fourth-order valence-electron chi connectivity index (χ4n) is 0.829. The molecule has 4 nitrogen and oxygen atoms in total. The lowest BCUT2D eigenvalue weighted by Crippen LogP contribution is -2.16. The number of phenols is 1. The maximum Gasteiger partial charge on any atom is 0.356 e. The van der Waals surface area contributed by atoms with Crippen molar-refractivity contribution in [2.75, 3.05) is 6.54 Å². The third kappa shape index (κ3) is 8.10. The maximum atomic E-state index is 9.62. The Morgan fingerprint density at radius 1 is 1.24 bits per heavy atom. The van der Waals surface area contributed by atoms with Crippen molar-refractivity contribution in [3.05, 3.63) is 29.8 Å². The van der Waals surface area contributed by atoms with Gasteiger partial charge in [0.05, 0.1) is 0 Å². The number of carboxylic acid groups (broad SMARTS) is 1. The van der Waals surface area contributed by atoms with Crippen LogP contribution in [0.4, 0.5) is 0 Å². The molecular formula is C10H12Cl3NO3. The second-order valence-corrected chi connectivity index (χ2v) is 5.29. The topological polar surface area (TPSA) is 83.5 Å². The molecule has 0 fully saturated rings. The predicted octanol–water partition coefficient (Wildman–Crippen LogP) is 2.33. The summed E-state index contributed by atoms with van der Waals surface area (Å²) in [5, 5.41) is 16.7. The number of rotatable bonds is 2. The van der Waals surface area contributed by atoms with Crippen molar-refractivity contribution in [1.82, 2.24) is 0 Å². The lowest BCUT2D eigenvalue weighted by atomic mass is 10.1. The number of alkyl halides is 3. The van der Waals surface area contributed by atoms with Crippen LogP contribution in [0.2, 0.25) is 0 Å². The van der Waals surface area contributed by atoms with Crippen molar-refractivity contribution in [3.8, 4) is 5.75 Å². The van der Waals surface area contributed by atoms with Crippen LogP contribution in [0.15, 0.2) is 24.3 Å². The molecule has 0 aromatic heterocycles. The zero-order valence-corrected chi connectivity index (χ0v) is 11.0. The Bertz CT molecular complexity index is 349. The Kier molecular flexibility index (Phi) is 7.30. The van der Waals surface area contributed by atoms with Crippen molar-refractivity contribution < 1.29 is 15.0 Å². The van der Waals surface area contributed by atoms with E-state index in [4.69, 9.17) is 50.7 Å². The first kappa shape index (κ1) is 16.3. The van der Waals surface area contributed by atoms with Crippen LogP contribution in [0, 0.1) is 0 Å². The van der Waals surface area contributed by atoms with Crippen LogP contribution in [-0.2, 0) is 11.2 Å². The number of benzene rings is 1. The van der Waals surface area contributed by atoms with E-state index in [-0.39, 0.29) is 0 Å². The van der Waals surface area contributed by atoms with E-state index in [1.165, 1.54) is 5.56 Å². The Labute approximate surface area is 114 Å². The molecule has 0 aliphatic carbocycles. The van der Waals surface area contributed by atoms with Gasteiger partial charge in [-0.05, 0) is 30.7 Å². The summed E-state index contributed by atoms with van der Waals surface area (Å²) < 4.78 is -2.17. The van der Waals surface area contributed by atoms with Crippen molar-refractivity contribution in [1.29, 1.82) is 0 Å². The molecule has 7 heteroatoms. The van der Waals surface area contributed by atoms with E-state index in [1.807, 2.05) is 12.1 Å². The van der Waals surface area contributed by atoms with Gasteiger partial charge in [-0.25, -0.2) is 4.79 Å². The molecular weight excluding hydrogens is 288 g/mol. The Hall–Kier alpha value is -0.680. The smallest absolute Gasteiger partial charge is 0.356 e. The first-order valence-corrected chi connectivity index (χ1v) is 5.69. The van der Waals surface area contributed by atoms with E-state index in [9.17, 15) is 4.79 Å². The van der Waals surface area contributed by atoms with Gasteiger partial charge in [0.1, 0.15) is 5.75 Å². The molecule has 0 spiro atoms. The molecule has 0 heterocycles. The van der Waals surface area contributed by atoms with Gasteiger partial charge in [0, 0.05) is 0 Å². The van der Waals surface area contributed by atoms with Crippen LogP contribution in [0.1, 0.15) is 5.56 Å². The molecule has 0 radical (unpaired) electrons. The summed E-state index contributed by atoms with van der Waals surface area (Å²) in [5.41, 5.74) is 6.50. The first-order chi connectivity index (χ1) is 7.77. The van der Waals surface area contributed by atoms with Crippen LogP contribution in [-0.4, -0.2) is 26.5 Å². The number of nitrogens with two attached hydrogens (primary N) is 1. The van der Waals surface area contributed by atoms with E-state index in [1.54, 1.807) is 12.1 Å². The van der Waals surface area contributed by atoms with Crippen molar-refractivity contribution in [3.63, 3.8) is 0 Å². The highest BCUT2D eigenvalue weighted by Crippen LogP contribution is 2.25. The highest BCUT2D eigenvalue weighted by Gasteiger charge is 2.29. The number of hydrogen-bond donors (Lipinski definition) is 3. The number of hydrogen-bond acceptors (Lipinski definition) is 3. The minimum absolute atomic E-state index is 0.306. The van der Waals surface area contributed by atoms with Crippen LogP contribution >= 0.6 is 34.8 Å². The van der Waals surface area contributed by atoms with Crippen molar-refractivity contribution in [2.24, 2.45) is 5.73 Å². The number of halogens is 3. The molecule has 0 atom stereocenters. The average Bonchev–Trinajstić information content (AvgIpc) is 2.21. The fraction of sp³-hybridized carbons (Fsp3) is 0.300. The van der Waals surface area contributed by atoms with E-state index in [0.717, 1.165) is 6.42 Å². The van der Waals surface area contributed by atoms with Crippen molar-refractivity contribution in [2.45, 2.75) is 10.2 Å². The first-order valence-electron chi connectivity index (χ1n) is 4.55.